The lowest BCUT2D eigenvalue weighted by atomic mass is 10.1. The number of para-hydroxylation sites is 1. The summed E-state index contributed by atoms with van der Waals surface area (Å²) in [6, 6.07) is 12.7. The van der Waals surface area contributed by atoms with Gasteiger partial charge in [-0.2, -0.15) is 0 Å². The highest BCUT2D eigenvalue weighted by atomic mass is 16.5. The highest BCUT2D eigenvalue weighted by molar-refractivity contribution is 6.06. The monoisotopic (exact) mass is 406 g/mol. The van der Waals surface area contributed by atoms with Gasteiger partial charge in [-0.15, -0.1) is 0 Å². The van der Waals surface area contributed by atoms with Crippen LogP contribution < -0.4 is 10.1 Å². The maximum atomic E-state index is 12.9. The van der Waals surface area contributed by atoms with Gasteiger partial charge in [0.25, 0.3) is 11.8 Å². The zero-order valence-corrected chi connectivity index (χ0v) is 17.4. The first-order valence-corrected chi connectivity index (χ1v) is 10.3. The van der Waals surface area contributed by atoms with Crippen molar-refractivity contribution in [2.75, 3.05) is 26.0 Å². The fourth-order valence-corrected chi connectivity index (χ4v) is 3.67. The molecule has 0 saturated heterocycles. The van der Waals surface area contributed by atoms with E-state index in [-0.39, 0.29) is 18.4 Å². The molecule has 0 aliphatic carbocycles. The van der Waals surface area contributed by atoms with Gasteiger partial charge in [-0.25, -0.2) is 4.98 Å². The second-order valence-corrected chi connectivity index (χ2v) is 7.72. The third kappa shape index (κ3) is 4.15. The molecule has 0 unspecified atom stereocenters. The number of nitrogens with one attached hydrogen (secondary N) is 1. The Morgan fingerprint density at radius 1 is 1.13 bits per heavy atom. The number of likely N-dealkylation sites (N-methyl/N-ethyl adjacent to an activating group) is 1. The van der Waals surface area contributed by atoms with E-state index in [1.807, 2.05) is 18.2 Å². The van der Waals surface area contributed by atoms with E-state index < -0.39 is 0 Å². The van der Waals surface area contributed by atoms with Gasteiger partial charge in [0.2, 0.25) is 0 Å². The minimum Gasteiger partial charge on any atom is -0.483 e. The third-order valence-electron chi connectivity index (χ3n) is 5.35. The Morgan fingerprint density at radius 3 is 2.80 bits per heavy atom. The van der Waals surface area contributed by atoms with Gasteiger partial charge in [0, 0.05) is 32.7 Å². The first-order chi connectivity index (χ1) is 14.5. The number of imidazole rings is 1. The molecule has 7 heteroatoms. The molecule has 0 fully saturated rings. The highest BCUT2D eigenvalue weighted by Crippen LogP contribution is 2.25. The van der Waals surface area contributed by atoms with Gasteiger partial charge >= 0.3 is 0 Å². The Balaban J connectivity index is 1.53. The van der Waals surface area contributed by atoms with Crippen molar-refractivity contribution in [1.82, 2.24) is 14.5 Å². The predicted octanol–water partition coefficient (Wildman–Crippen LogP) is 3.48. The van der Waals surface area contributed by atoms with Crippen molar-refractivity contribution >= 4 is 28.5 Å². The smallest absolute Gasteiger partial charge is 0.259 e. The number of carbonyl (C=O) groups is 2. The van der Waals surface area contributed by atoms with E-state index in [9.17, 15) is 9.59 Å². The Hall–Kier alpha value is -3.35. The number of aromatic nitrogens is 2. The van der Waals surface area contributed by atoms with E-state index in [4.69, 9.17) is 9.72 Å². The molecular formula is C23H26N4O3. The van der Waals surface area contributed by atoms with Gasteiger partial charge in [-0.05, 0) is 43.2 Å². The second-order valence-electron chi connectivity index (χ2n) is 7.72. The highest BCUT2D eigenvalue weighted by Gasteiger charge is 2.17. The molecule has 1 aliphatic heterocycles. The molecule has 0 atom stereocenters. The lowest BCUT2D eigenvalue weighted by Crippen LogP contribution is -2.28. The van der Waals surface area contributed by atoms with Crippen LogP contribution in [0.4, 0.5) is 5.69 Å². The van der Waals surface area contributed by atoms with Crippen LogP contribution in [0, 0.1) is 0 Å². The maximum Gasteiger partial charge on any atom is 0.259 e. The molecule has 1 N–H and O–H groups in total. The van der Waals surface area contributed by atoms with Gasteiger partial charge in [-0.1, -0.05) is 18.6 Å². The van der Waals surface area contributed by atoms with Gasteiger partial charge in [0.15, 0.2) is 6.61 Å². The van der Waals surface area contributed by atoms with Crippen LogP contribution in [0.1, 0.15) is 35.4 Å². The number of amides is 2. The normalized spacial score (nSPS) is 13.4. The molecule has 3 aromatic rings. The summed E-state index contributed by atoms with van der Waals surface area (Å²) in [5.74, 6) is 1.04. The van der Waals surface area contributed by atoms with Crippen molar-refractivity contribution in [2.24, 2.45) is 0 Å². The Kier molecular flexibility index (Phi) is 5.70. The van der Waals surface area contributed by atoms with Crippen LogP contribution in [0.5, 0.6) is 5.75 Å². The van der Waals surface area contributed by atoms with Crippen LogP contribution >= 0.6 is 0 Å². The summed E-state index contributed by atoms with van der Waals surface area (Å²) in [5.41, 5.74) is 3.06. The fraction of sp³-hybridized carbons (Fsp3) is 0.348. The van der Waals surface area contributed by atoms with E-state index in [2.05, 4.69) is 9.88 Å². The number of fused-ring (bicyclic) bond motifs is 3. The Labute approximate surface area is 175 Å². The van der Waals surface area contributed by atoms with E-state index in [0.29, 0.717) is 17.0 Å². The number of carbonyl (C=O) groups excluding carboxylic acids is 2. The van der Waals surface area contributed by atoms with Crippen LogP contribution in [0.3, 0.4) is 0 Å². The molecule has 2 amide bonds. The SMILES string of the molecule is CN(C)C(=O)COc1ccccc1C(=O)Nc1ccc2c(c1)nc1n2CCCCC1. The van der Waals surface area contributed by atoms with Crippen LogP contribution in [-0.4, -0.2) is 47.0 Å². The maximum absolute atomic E-state index is 12.9. The van der Waals surface area contributed by atoms with Crippen LogP contribution in [0.15, 0.2) is 42.5 Å². The molecule has 0 saturated carbocycles. The fourth-order valence-electron chi connectivity index (χ4n) is 3.67. The molecule has 1 aromatic heterocycles. The first kappa shape index (κ1) is 19.9. The molecule has 2 heterocycles. The van der Waals surface area contributed by atoms with Crippen LogP contribution in [-0.2, 0) is 17.8 Å². The lowest BCUT2D eigenvalue weighted by molar-refractivity contribution is -0.130. The topological polar surface area (TPSA) is 76.5 Å². The molecule has 30 heavy (non-hydrogen) atoms. The van der Waals surface area contributed by atoms with Crippen molar-refractivity contribution in [3.05, 3.63) is 53.9 Å². The number of nitrogens with zero attached hydrogens (tertiary/aromatic N) is 3. The number of rotatable bonds is 5. The molecular weight excluding hydrogens is 380 g/mol. The van der Waals surface area contributed by atoms with Crippen molar-refractivity contribution in [1.29, 1.82) is 0 Å². The summed E-state index contributed by atoms with van der Waals surface area (Å²) in [6.45, 7) is 0.872. The first-order valence-electron chi connectivity index (χ1n) is 10.3. The minimum atomic E-state index is -0.289. The number of aryl methyl sites for hydroxylation is 2. The van der Waals surface area contributed by atoms with E-state index in [1.165, 1.54) is 24.2 Å². The summed E-state index contributed by atoms with van der Waals surface area (Å²) in [7, 11) is 3.33. The molecule has 7 nitrogen and oxygen atoms in total. The lowest BCUT2D eigenvalue weighted by Gasteiger charge is -2.14. The average molecular weight is 406 g/mol. The second kappa shape index (κ2) is 8.57. The molecule has 4 rings (SSSR count). The molecule has 0 spiro atoms. The van der Waals surface area contributed by atoms with Crippen molar-refractivity contribution in [3.8, 4) is 5.75 Å². The zero-order chi connectivity index (χ0) is 21.1. The van der Waals surface area contributed by atoms with Gasteiger partial charge in [-0.3, -0.25) is 9.59 Å². The van der Waals surface area contributed by atoms with Crippen LogP contribution in [0.25, 0.3) is 11.0 Å². The molecule has 156 valence electrons. The number of benzene rings is 2. The largest absolute Gasteiger partial charge is 0.483 e. The van der Waals surface area contributed by atoms with E-state index in [1.54, 1.807) is 38.4 Å². The predicted molar refractivity (Wildman–Crippen MR) is 116 cm³/mol. The molecule has 0 radical (unpaired) electrons. The van der Waals surface area contributed by atoms with Crippen molar-refractivity contribution in [2.45, 2.75) is 32.2 Å². The van der Waals surface area contributed by atoms with Gasteiger partial charge in [0.1, 0.15) is 11.6 Å². The van der Waals surface area contributed by atoms with E-state index >= 15 is 0 Å². The summed E-state index contributed by atoms with van der Waals surface area (Å²) in [4.78, 5) is 30.9. The molecule has 0 bridgehead atoms. The standard InChI is InChI=1S/C23H26N4O3/c1-26(2)22(28)15-30-20-9-6-5-8-17(20)23(29)24-16-11-12-19-18(14-16)25-21-10-4-3-7-13-27(19)21/h5-6,8-9,11-12,14H,3-4,7,10,13,15H2,1-2H3,(H,24,29). The number of hydrogen-bond donors (Lipinski definition) is 1. The van der Waals surface area contributed by atoms with Crippen molar-refractivity contribution in [3.63, 3.8) is 0 Å². The quantitative estimate of drug-likeness (QED) is 0.704. The Bertz CT molecular complexity index is 1090. The third-order valence-corrected chi connectivity index (χ3v) is 5.35. The van der Waals surface area contributed by atoms with Gasteiger partial charge in [0.05, 0.1) is 16.6 Å². The summed E-state index contributed by atoms with van der Waals surface area (Å²) in [6.07, 6.45) is 4.57. The minimum absolute atomic E-state index is 0.122. The van der Waals surface area contributed by atoms with E-state index in [0.717, 1.165) is 29.8 Å². The zero-order valence-electron chi connectivity index (χ0n) is 17.4. The van der Waals surface area contributed by atoms with Crippen molar-refractivity contribution < 1.29 is 14.3 Å². The number of ether oxygens (including phenoxy) is 1. The van der Waals surface area contributed by atoms with Crippen LogP contribution in [0.2, 0.25) is 0 Å². The average Bonchev–Trinajstić information content (AvgIpc) is 2.91. The summed E-state index contributed by atoms with van der Waals surface area (Å²) in [5, 5.41) is 2.93. The molecule has 2 aromatic carbocycles. The summed E-state index contributed by atoms with van der Waals surface area (Å²) >= 11 is 0. The summed E-state index contributed by atoms with van der Waals surface area (Å²) < 4.78 is 7.88. The number of anilines is 1. The Morgan fingerprint density at radius 2 is 1.97 bits per heavy atom. The molecule has 1 aliphatic rings. The number of hydrogen-bond acceptors (Lipinski definition) is 4. The van der Waals surface area contributed by atoms with Gasteiger partial charge < -0.3 is 19.5 Å².